The van der Waals surface area contributed by atoms with Crippen LogP contribution in [0.4, 0.5) is 11.6 Å². The molecule has 0 aliphatic rings. The van der Waals surface area contributed by atoms with Crippen molar-refractivity contribution in [1.29, 1.82) is 0 Å². The Labute approximate surface area is 115 Å². The second-order valence-corrected chi connectivity index (χ2v) is 4.69. The third kappa shape index (κ3) is 6.93. The summed E-state index contributed by atoms with van der Waals surface area (Å²) >= 11 is 0. The number of methoxy groups -OCH3 is 1. The molecule has 0 radical (unpaired) electrons. The van der Waals surface area contributed by atoms with E-state index in [9.17, 15) is 0 Å². The fourth-order valence-electron chi connectivity index (χ4n) is 1.59. The Bertz CT molecular complexity index is 370. The lowest BCUT2D eigenvalue weighted by Crippen LogP contribution is -2.21. The van der Waals surface area contributed by atoms with Crippen LogP contribution >= 0.6 is 0 Å². The van der Waals surface area contributed by atoms with E-state index in [1.54, 1.807) is 7.11 Å². The lowest BCUT2D eigenvalue weighted by Gasteiger charge is -2.12. The summed E-state index contributed by atoms with van der Waals surface area (Å²) in [7, 11) is 5.81. The first kappa shape index (κ1) is 15.7. The van der Waals surface area contributed by atoms with Crippen molar-refractivity contribution < 1.29 is 4.74 Å². The van der Waals surface area contributed by atoms with E-state index < -0.39 is 0 Å². The number of rotatable bonds is 9. The second kappa shape index (κ2) is 8.66. The van der Waals surface area contributed by atoms with Crippen molar-refractivity contribution in [2.75, 3.05) is 58.1 Å². The van der Waals surface area contributed by atoms with Crippen molar-refractivity contribution >= 4 is 11.6 Å². The van der Waals surface area contributed by atoms with Gasteiger partial charge in [-0.3, -0.25) is 0 Å². The summed E-state index contributed by atoms with van der Waals surface area (Å²) in [6.45, 7) is 5.34. The summed E-state index contributed by atoms with van der Waals surface area (Å²) in [6.07, 6.45) is 0.961. The minimum atomic E-state index is 0.755. The van der Waals surface area contributed by atoms with Crippen LogP contribution in [0.5, 0.6) is 0 Å². The molecule has 0 amide bonds. The van der Waals surface area contributed by atoms with Gasteiger partial charge in [0.2, 0.25) is 0 Å². The highest BCUT2D eigenvalue weighted by atomic mass is 16.5. The Hall–Kier alpha value is -1.40. The highest BCUT2D eigenvalue weighted by molar-refractivity contribution is 5.47. The number of nitrogens with one attached hydrogen (secondary N) is 2. The predicted molar refractivity (Wildman–Crippen MR) is 78.8 cm³/mol. The molecule has 108 valence electrons. The predicted octanol–water partition coefficient (Wildman–Crippen LogP) is 1.21. The molecule has 0 aromatic carbocycles. The van der Waals surface area contributed by atoms with Crippen LogP contribution in [-0.4, -0.2) is 62.3 Å². The average molecular weight is 267 g/mol. The van der Waals surface area contributed by atoms with Gasteiger partial charge in [0.15, 0.2) is 0 Å². The molecular formula is C13H25N5O. The van der Waals surface area contributed by atoms with Crippen LogP contribution in [0.15, 0.2) is 6.07 Å². The molecule has 0 aliphatic carbocycles. The van der Waals surface area contributed by atoms with E-state index in [0.29, 0.717) is 0 Å². The number of nitrogens with zero attached hydrogens (tertiary/aromatic N) is 3. The lowest BCUT2D eigenvalue weighted by molar-refractivity contribution is 0.198. The van der Waals surface area contributed by atoms with Gasteiger partial charge in [-0.05, 0) is 27.4 Å². The van der Waals surface area contributed by atoms with Gasteiger partial charge >= 0.3 is 0 Å². The number of hydrogen-bond donors (Lipinski definition) is 2. The zero-order valence-electron chi connectivity index (χ0n) is 12.4. The monoisotopic (exact) mass is 267 g/mol. The molecular weight excluding hydrogens is 242 g/mol. The lowest BCUT2D eigenvalue weighted by atomic mass is 10.4. The van der Waals surface area contributed by atoms with Gasteiger partial charge in [-0.25, -0.2) is 9.97 Å². The molecule has 0 bridgehead atoms. The molecule has 0 saturated heterocycles. The molecule has 0 atom stereocenters. The zero-order chi connectivity index (χ0) is 14.1. The highest BCUT2D eigenvalue weighted by Crippen LogP contribution is 2.10. The maximum atomic E-state index is 5.01. The van der Waals surface area contributed by atoms with Gasteiger partial charge in [-0.15, -0.1) is 0 Å². The molecule has 1 heterocycles. The maximum absolute atomic E-state index is 5.01. The van der Waals surface area contributed by atoms with Crippen molar-refractivity contribution in [3.05, 3.63) is 11.9 Å². The Balaban J connectivity index is 2.46. The number of aryl methyl sites for hydroxylation is 1. The first-order chi connectivity index (χ1) is 9.11. The molecule has 0 saturated carbocycles. The van der Waals surface area contributed by atoms with E-state index in [1.807, 2.05) is 13.0 Å². The van der Waals surface area contributed by atoms with Gasteiger partial charge in [0.1, 0.15) is 17.5 Å². The van der Waals surface area contributed by atoms with Gasteiger partial charge < -0.3 is 20.3 Å². The van der Waals surface area contributed by atoms with Gasteiger partial charge in [0.05, 0.1) is 0 Å². The largest absolute Gasteiger partial charge is 0.385 e. The molecule has 2 N–H and O–H groups in total. The van der Waals surface area contributed by atoms with Crippen LogP contribution in [0.2, 0.25) is 0 Å². The Morgan fingerprint density at radius 2 is 1.79 bits per heavy atom. The quantitative estimate of drug-likeness (QED) is 0.656. The van der Waals surface area contributed by atoms with Crippen LogP contribution in [0.25, 0.3) is 0 Å². The third-order valence-corrected chi connectivity index (χ3v) is 2.53. The molecule has 0 fully saturated rings. The fourth-order valence-corrected chi connectivity index (χ4v) is 1.59. The summed E-state index contributed by atoms with van der Waals surface area (Å²) in [5, 5.41) is 6.58. The molecule has 6 nitrogen and oxygen atoms in total. The van der Waals surface area contributed by atoms with Crippen LogP contribution in [0.3, 0.4) is 0 Å². The minimum absolute atomic E-state index is 0.755. The Kier molecular flexibility index (Phi) is 7.14. The standard InChI is InChI=1S/C13H25N5O/c1-11-16-12(14-6-5-9-19-4)10-13(17-11)15-7-8-18(2)3/h10H,5-9H2,1-4H3,(H2,14,15,16,17). The van der Waals surface area contributed by atoms with Crippen molar-refractivity contribution in [2.45, 2.75) is 13.3 Å². The summed E-state index contributed by atoms with van der Waals surface area (Å²) in [5.41, 5.74) is 0. The first-order valence-electron chi connectivity index (χ1n) is 6.59. The molecule has 6 heteroatoms. The number of aromatic nitrogens is 2. The number of anilines is 2. The molecule has 19 heavy (non-hydrogen) atoms. The molecule has 0 spiro atoms. The van der Waals surface area contributed by atoms with E-state index in [-0.39, 0.29) is 0 Å². The smallest absolute Gasteiger partial charge is 0.131 e. The number of ether oxygens (including phenoxy) is 1. The maximum Gasteiger partial charge on any atom is 0.131 e. The van der Waals surface area contributed by atoms with Crippen LogP contribution in [0, 0.1) is 6.92 Å². The van der Waals surface area contributed by atoms with Crippen LogP contribution in [-0.2, 0) is 4.74 Å². The summed E-state index contributed by atoms with van der Waals surface area (Å²) < 4.78 is 5.01. The number of likely N-dealkylation sites (N-methyl/N-ethyl adjacent to an activating group) is 1. The van der Waals surface area contributed by atoms with Crippen molar-refractivity contribution in [3.63, 3.8) is 0 Å². The molecule has 0 unspecified atom stereocenters. The second-order valence-electron chi connectivity index (χ2n) is 4.69. The Morgan fingerprint density at radius 3 is 2.37 bits per heavy atom. The summed E-state index contributed by atoms with van der Waals surface area (Å²) in [4.78, 5) is 10.9. The van der Waals surface area contributed by atoms with Gasteiger partial charge in [-0.1, -0.05) is 0 Å². The molecule has 1 rings (SSSR count). The molecule has 0 aliphatic heterocycles. The topological polar surface area (TPSA) is 62.3 Å². The minimum Gasteiger partial charge on any atom is -0.385 e. The van der Waals surface area contributed by atoms with Crippen molar-refractivity contribution in [1.82, 2.24) is 14.9 Å². The van der Waals surface area contributed by atoms with E-state index in [1.165, 1.54) is 0 Å². The normalized spacial score (nSPS) is 10.8. The van der Waals surface area contributed by atoms with Crippen molar-refractivity contribution in [2.24, 2.45) is 0 Å². The van der Waals surface area contributed by atoms with Gasteiger partial charge in [-0.2, -0.15) is 0 Å². The van der Waals surface area contributed by atoms with Gasteiger partial charge in [0, 0.05) is 39.4 Å². The highest BCUT2D eigenvalue weighted by Gasteiger charge is 2.01. The third-order valence-electron chi connectivity index (χ3n) is 2.53. The summed E-state index contributed by atoms with van der Waals surface area (Å²) in [6, 6.07) is 1.94. The Morgan fingerprint density at radius 1 is 1.16 bits per heavy atom. The summed E-state index contributed by atoms with van der Waals surface area (Å²) in [5.74, 6) is 2.49. The zero-order valence-corrected chi connectivity index (χ0v) is 12.4. The SMILES string of the molecule is COCCCNc1cc(NCCN(C)C)nc(C)n1. The van der Waals surface area contributed by atoms with E-state index in [2.05, 4.69) is 39.6 Å². The van der Waals surface area contributed by atoms with E-state index >= 15 is 0 Å². The fraction of sp³-hybridized carbons (Fsp3) is 0.692. The van der Waals surface area contributed by atoms with Crippen LogP contribution in [0.1, 0.15) is 12.2 Å². The van der Waals surface area contributed by atoms with Gasteiger partial charge in [0.25, 0.3) is 0 Å². The number of hydrogen-bond acceptors (Lipinski definition) is 6. The molecule has 1 aromatic heterocycles. The molecule has 1 aromatic rings. The van der Waals surface area contributed by atoms with Crippen LogP contribution < -0.4 is 10.6 Å². The van der Waals surface area contributed by atoms with Crippen molar-refractivity contribution in [3.8, 4) is 0 Å². The van der Waals surface area contributed by atoms with E-state index in [0.717, 1.165) is 50.1 Å². The first-order valence-corrected chi connectivity index (χ1v) is 6.59. The average Bonchev–Trinajstić information content (AvgIpc) is 2.34. The van der Waals surface area contributed by atoms with E-state index in [4.69, 9.17) is 4.74 Å².